The molecule has 0 spiro atoms. The summed E-state index contributed by atoms with van der Waals surface area (Å²) in [7, 11) is 0. The SMILES string of the molecule is Cc1cc(Cl)ccc1OCCCC(=O)Nc1sc2c(c1C(=O)Nc1ccccc1)CCCC2. The van der Waals surface area contributed by atoms with Crippen LogP contribution >= 0.6 is 22.9 Å². The molecule has 0 bridgehead atoms. The molecule has 0 radical (unpaired) electrons. The van der Waals surface area contributed by atoms with Crippen LogP contribution in [0, 0.1) is 6.92 Å². The zero-order valence-electron chi connectivity index (χ0n) is 18.6. The van der Waals surface area contributed by atoms with Crippen LogP contribution in [0.3, 0.4) is 0 Å². The van der Waals surface area contributed by atoms with Gasteiger partial charge in [-0.05, 0) is 80.5 Å². The third kappa shape index (κ3) is 5.95. The number of benzene rings is 2. The number of halogens is 1. The molecule has 0 atom stereocenters. The van der Waals surface area contributed by atoms with Crippen molar-refractivity contribution in [2.45, 2.75) is 45.4 Å². The van der Waals surface area contributed by atoms with Gasteiger partial charge in [0.2, 0.25) is 5.91 Å². The Morgan fingerprint density at radius 1 is 1.06 bits per heavy atom. The van der Waals surface area contributed by atoms with E-state index >= 15 is 0 Å². The first-order valence-electron chi connectivity index (χ1n) is 11.2. The van der Waals surface area contributed by atoms with Crippen LogP contribution in [0.15, 0.2) is 48.5 Å². The van der Waals surface area contributed by atoms with Crippen molar-refractivity contribution in [2.75, 3.05) is 17.2 Å². The molecule has 0 unspecified atom stereocenters. The molecule has 1 aromatic heterocycles. The maximum Gasteiger partial charge on any atom is 0.258 e. The number of ether oxygens (including phenoxy) is 1. The smallest absolute Gasteiger partial charge is 0.258 e. The van der Waals surface area contributed by atoms with Crippen molar-refractivity contribution >= 4 is 45.4 Å². The number of aryl methyl sites for hydroxylation is 2. The summed E-state index contributed by atoms with van der Waals surface area (Å²) in [6.45, 7) is 2.37. The number of carbonyl (C=O) groups is 2. The fraction of sp³-hybridized carbons (Fsp3) is 0.308. The van der Waals surface area contributed by atoms with Gasteiger partial charge in [-0.3, -0.25) is 9.59 Å². The van der Waals surface area contributed by atoms with Gasteiger partial charge in [-0.15, -0.1) is 11.3 Å². The molecule has 7 heteroatoms. The summed E-state index contributed by atoms with van der Waals surface area (Å²) in [4.78, 5) is 27.0. The lowest BCUT2D eigenvalue weighted by Gasteiger charge is -2.13. The zero-order chi connectivity index (χ0) is 23.2. The Hall–Kier alpha value is -2.83. The fourth-order valence-electron chi connectivity index (χ4n) is 3.99. The van der Waals surface area contributed by atoms with E-state index in [0.717, 1.165) is 48.2 Å². The zero-order valence-corrected chi connectivity index (χ0v) is 20.2. The van der Waals surface area contributed by atoms with Crippen molar-refractivity contribution < 1.29 is 14.3 Å². The van der Waals surface area contributed by atoms with Gasteiger partial charge in [0.1, 0.15) is 10.8 Å². The summed E-state index contributed by atoms with van der Waals surface area (Å²) in [5, 5.41) is 7.29. The van der Waals surface area contributed by atoms with E-state index in [4.69, 9.17) is 16.3 Å². The van der Waals surface area contributed by atoms with Crippen molar-refractivity contribution in [2.24, 2.45) is 0 Å². The molecule has 1 aliphatic carbocycles. The number of fused-ring (bicyclic) bond motifs is 1. The molecule has 3 aromatic rings. The first-order chi connectivity index (χ1) is 16.0. The molecule has 5 nitrogen and oxygen atoms in total. The predicted molar refractivity (Wildman–Crippen MR) is 135 cm³/mol. The molecule has 0 fully saturated rings. The van der Waals surface area contributed by atoms with E-state index < -0.39 is 0 Å². The number of thiophene rings is 1. The highest BCUT2D eigenvalue weighted by molar-refractivity contribution is 7.17. The van der Waals surface area contributed by atoms with Gasteiger partial charge in [0, 0.05) is 22.0 Å². The van der Waals surface area contributed by atoms with E-state index in [1.54, 1.807) is 6.07 Å². The molecular formula is C26H27ClN2O3S. The second kappa shape index (κ2) is 10.9. The van der Waals surface area contributed by atoms with Crippen LogP contribution in [-0.2, 0) is 17.6 Å². The number of anilines is 2. The number of amides is 2. The average molecular weight is 483 g/mol. The van der Waals surface area contributed by atoms with Gasteiger partial charge in [0.05, 0.1) is 12.2 Å². The summed E-state index contributed by atoms with van der Waals surface area (Å²) in [6, 6.07) is 14.9. The first kappa shape index (κ1) is 23.3. The molecule has 0 saturated heterocycles. The Morgan fingerprint density at radius 2 is 1.85 bits per heavy atom. The van der Waals surface area contributed by atoms with Crippen LogP contribution in [0.5, 0.6) is 5.75 Å². The number of hydrogen-bond acceptors (Lipinski definition) is 4. The number of nitrogens with one attached hydrogen (secondary N) is 2. The average Bonchev–Trinajstić information content (AvgIpc) is 3.16. The van der Waals surface area contributed by atoms with Crippen LogP contribution in [0.2, 0.25) is 5.02 Å². The summed E-state index contributed by atoms with van der Waals surface area (Å²) in [6.07, 6.45) is 4.88. The Bertz CT molecular complexity index is 1140. The Labute approximate surface area is 203 Å². The van der Waals surface area contributed by atoms with Gasteiger partial charge in [-0.1, -0.05) is 29.8 Å². The van der Waals surface area contributed by atoms with Gasteiger partial charge in [0.25, 0.3) is 5.91 Å². The minimum atomic E-state index is -0.169. The van der Waals surface area contributed by atoms with Crippen molar-refractivity contribution in [3.63, 3.8) is 0 Å². The molecule has 4 rings (SSSR count). The lowest BCUT2D eigenvalue weighted by molar-refractivity contribution is -0.116. The molecule has 1 aliphatic rings. The monoisotopic (exact) mass is 482 g/mol. The lowest BCUT2D eigenvalue weighted by Crippen LogP contribution is -2.18. The van der Waals surface area contributed by atoms with E-state index in [1.807, 2.05) is 49.4 Å². The van der Waals surface area contributed by atoms with Crippen LogP contribution in [0.1, 0.15) is 52.0 Å². The second-order valence-corrected chi connectivity index (χ2v) is 9.69. The number of rotatable bonds is 8. The molecule has 2 aromatic carbocycles. The summed E-state index contributed by atoms with van der Waals surface area (Å²) in [5.41, 5.74) is 3.40. The van der Waals surface area contributed by atoms with Gasteiger partial charge >= 0.3 is 0 Å². The predicted octanol–water partition coefficient (Wildman–Crippen LogP) is 6.64. The first-order valence-corrected chi connectivity index (χ1v) is 12.4. The summed E-state index contributed by atoms with van der Waals surface area (Å²) < 4.78 is 5.79. The van der Waals surface area contributed by atoms with E-state index in [1.165, 1.54) is 16.2 Å². The van der Waals surface area contributed by atoms with Crippen LogP contribution < -0.4 is 15.4 Å². The third-order valence-electron chi connectivity index (χ3n) is 5.63. The van der Waals surface area contributed by atoms with Crippen molar-refractivity contribution in [1.29, 1.82) is 0 Å². The van der Waals surface area contributed by atoms with E-state index in [2.05, 4.69) is 10.6 Å². The van der Waals surface area contributed by atoms with E-state index in [9.17, 15) is 9.59 Å². The number of carbonyl (C=O) groups excluding carboxylic acids is 2. The molecule has 1 heterocycles. The Balaban J connectivity index is 1.39. The van der Waals surface area contributed by atoms with E-state index in [0.29, 0.717) is 35.0 Å². The fourth-order valence-corrected chi connectivity index (χ4v) is 5.52. The maximum atomic E-state index is 13.1. The quantitative estimate of drug-likeness (QED) is 0.354. The maximum absolute atomic E-state index is 13.1. The second-order valence-electron chi connectivity index (χ2n) is 8.15. The Kier molecular flexibility index (Phi) is 7.68. The van der Waals surface area contributed by atoms with Gasteiger partial charge < -0.3 is 15.4 Å². The van der Waals surface area contributed by atoms with Crippen molar-refractivity contribution in [3.05, 3.63) is 75.1 Å². The normalized spacial score (nSPS) is 12.7. The number of para-hydroxylation sites is 1. The largest absolute Gasteiger partial charge is 0.493 e. The Morgan fingerprint density at radius 3 is 2.64 bits per heavy atom. The van der Waals surface area contributed by atoms with Crippen LogP contribution in [-0.4, -0.2) is 18.4 Å². The van der Waals surface area contributed by atoms with Gasteiger partial charge in [-0.25, -0.2) is 0 Å². The van der Waals surface area contributed by atoms with Gasteiger partial charge in [0.15, 0.2) is 0 Å². The molecule has 2 N–H and O–H groups in total. The van der Waals surface area contributed by atoms with Crippen molar-refractivity contribution in [1.82, 2.24) is 0 Å². The van der Waals surface area contributed by atoms with Crippen molar-refractivity contribution in [3.8, 4) is 5.75 Å². The molecule has 0 aliphatic heterocycles. The third-order valence-corrected chi connectivity index (χ3v) is 7.07. The van der Waals surface area contributed by atoms with Gasteiger partial charge in [-0.2, -0.15) is 0 Å². The van der Waals surface area contributed by atoms with Crippen LogP contribution in [0.25, 0.3) is 0 Å². The summed E-state index contributed by atoms with van der Waals surface area (Å²) in [5.74, 6) is 0.488. The minimum Gasteiger partial charge on any atom is -0.493 e. The molecule has 0 saturated carbocycles. The highest BCUT2D eigenvalue weighted by Crippen LogP contribution is 2.38. The topological polar surface area (TPSA) is 67.4 Å². The molecule has 2 amide bonds. The summed E-state index contributed by atoms with van der Waals surface area (Å²) >= 11 is 7.51. The van der Waals surface area contributed by atoms with E-state index in [-0.39, 0.29) is 11.8 Å². The number of hydrogen-bond donors (Lipinski definition) is 2. The highest BCUT2D eigenvalue weighted by atomic mass is 35.5. The van der Waals surface area contributed by atoms with Crippen LogP contribution in [0.4, 0.5) is 10.7 Å². The molecule has 33 heavy (non-hydrogen) atoms. The highest BCUT2D eigenvalue weighted by Gasteiger charge is 2.26. The molecule has 172 valence electrons. The standard InChI is InChI=1S/C26H27ClN2O3S/c1-17-16-18(27)13-14-21(17)32-15-7-12-23(30)29-26-24(20-10-5-6-11-22(20)33-26)25(31)28-19-8-3-2-4-9-19/h2-4,8-9,13-14,16H,5-7,10-12,15H2,1H3,(H,28,31)(H,29,30). The molecular weight excluding hydrogens is 456 g/mol. The minimum absolute atomic E-state index is 0.112. The lowest BCUT2D eigenvalue weighted by atomic mass is 9.95.